The molecule has 0 radical (unpaired) electrons. The molecule has 1 atom stereocenters. The summed E-state index contributed by atoms with van der Waals surface area (Å²) in [6.07, 6.45) is -5.07. The number of amides is 3. The third-order valence-corrected chi connectivity index (χ3v) is 11.0. The van der Waals surface area contributed by atoms with Gasteiger partial charge in [0, 0.05) is 83.8 Å². The highest BCUT2D eigenvalue weighted by Crippen LogP contribution is 2.38. The average molecular weight is 861 g/mol. The lowest BCUT2D eigenvalue weighted by Crippen LogP contribution is -2.53. The van der Waals surface area contributed by atoms with E-state index in [0.717, 1.165) is 29.4 Å². The van der Waals surface area contributed by atoms with Crippen LogP contribution in [0.5, 0.6) is 0 Å². The van der Waals surface area contributed by atoms with Crippen LogP contribution in [0.2, 0.25) is 5.02 Å². The molecule has 2 saturated heterocycles. The fraction of sp³-hybridized carbons (Fsp3) is 0.476. The van der Waals surface area contributed by atoms with E-state index in [1.807, 2.05) is 36.2 Å². The summed E-state index contributed by atoms with van der Waals surface area (Å²) >= 11 is 6.12. The number of hydrogen-bond donors (Lipinski definition) is 2. The Bertz CT molecular complexity index is 1910. The molecule has 2 fully saturated rings. The SMILES string of the molecule is CNc1ccccc1CCN(C=O)C1CCN(C(=O)O[C@H](Cc2cc(Cl)c(N)c(C(F)(F)F)c2)C(=O)N2CCN(c3ccc(C(=O)OCCOCCOC)cc3)CC2)CC1. The monoisotopic (exact) mass is 860 g/mol. The molecular weight excluding hydrogens is 809 g/mol. The second kappa shape index (κ2) is 21.8. The lowest BCUT2D eigenvalue weighted by molar-refractivity contribution is -0.141. The Balaban J connectivity index is 1.21. The third kappa shape index (κ3) is 12.4. The van der Waals surface area contributed by atoms with Crippen LogP contribution in [0.25, 0.3) is 0 Å². The van der Waals surface area contributed by atoms with E-state index in [2.05, 4.69) is 5.32 Å². The second-order valence-corrected chi connectivity index (χ2v) is 14.8. The molecule has 3 amide bonds. The minimum atomic E-state index is -4.82. The van der Waals surface area contributed by atoms with Crippen LogP contribution in [0, 0.1) is 0 Å². The number of rotatable bonds is 18. The summed E-state index contributed by atoms with van der Waals surface area (Å²) in [5.41, 5.74) is 7.10. The Morgan fingerprint density at radius 1 is 0.950 bits per heavy atom. The molecule has 5 rings (SSSR count). The zero-order valence-corrected chi connectivity index (χ0v) is 34.5. The Kier molecular flexibility index (Phi) is 16.7. The molecule has 326 valence electrons. The number of esters is 1. The number of benzene rings is 3. The smallest absolute Gasteiger partial charge is 0.418 e. The molecule has 0 aromatic heterocycles. The molecule has 60 heavy (non-hydrogen) atoms. The van der Waals surface area contributed by atoms with Crippen molar-refractivity contribution in [1.29, 1.82) is 0 Å². The van der Waals surface area contributed by atoms with Gasteiger partial charge in [-0.2, -0.15) is 13.2 Å². The van der Waals surface area contributed by atoms with E-state index in [-0.39, 0.29) is 62.4 Å². The van der Waals surface area contributed by atoms with Gasteiger partial charge in [0.15, 0.2) is 6.10 Å². The molecule has 3 N–H and O–H groups in total. The number of anilines is 3. The van der Waals surface area contributed by atoms with E-state index in [0.29, 0.717) is 57.7 Å². The van der Waals surface area contributed by atoms with Crippen molar-refractivity contribution < 1.29 is 51.3 Å². The number of hydrogen-bond acceptors (Lipinski definition) is 11. The Labute approximate surface area is 352 Å². The number of nitrogens with two attached hydrogens (primary N) is 1. The summed E-state index contributed by atoms with van der Waals surface area (Å²) in [6, 6.07) is 16.6. The number of piperazine rings is 1. The van der Waals surface area contributed by atoms with Crippen molar-refractivity contribution in [3.8, 4) is 0 Å². The Morgan fingerprint density at radius 2 is 1.63 bits per heavy atom. The number of para-hydroxylation sites is 1. The number of likely N-dealkylation sites (tertiary alicyclic amines) is 1. The topological polar surface area (TPSA) is 156 Å². The van der Waals surface area contributed by atoms with Gasteiger partial charge >= 0.3 is 18.2 Å². The maximum absolute atomic E-state index is 14.1. The van der Waals surface area contributed by atoms with Crippen LogP contribution in [0.15, 0.2) is 60.7 Å². The number of halogens is 4. The highest BCUT2D eigenvalue weighted by atomic mass is 35.5. The predicted molar refractivity (Wildman–Crippen MR) is 220 cm³/mol. The van der Waals surface area contributed by atoms with E-state index < -0.39 is 41.5 Å². The van der Waals surface area contributed by atoms with Crippen LogP contribution in [-0.4, -0.2) is 138 Å². The molecule has 0 bridgehead atoms. The first-order valence-electron chi connectivity index (χ1n) is 19.8. The van der Waals surface area contributed by atoms with E-state index in [1.165, 1.54) is 15.9 Å². The summed E-state index contributed by atoms with van der Waals surface area (Å²) < 4.78 is 63.0. The van der Waals surface area contributed by atoms with Gasteiger partial charge in [-0.15, -0.1) is 0 Å². The number of ether oxygens (including phenoxy) is 4. The number of nitrogens with zero attached hydrogens (tertiary/aromatic N) is 4. The van der Waals surface area contributed by atoms with Crippen molar-refractivity contribution in [3.63, 3.8) is 0 Å². The van der Waals surface area contributed by atoms with Crippen LogP contribution in [0.4, 0.5) is 35.0 Å². The number of alkyl halides is 3. The molecule has 2 aliphatic heterocycles. The highest BCUT2D eigenvalue weighted by molar-refractivity contribution is 6.33. The predicted octanol–water partition coefficient (Wildman–Crippen LogP) is 5.36. The van der Waals surface area contributed by atoms with Crippen LogP contribution >= 0.6 is 11.6 Å². The molecule has 0 saturated carbocycles. The van der Waals surface area contributed by atoms with Crippen LogP contribution in [0.3, 0.4) is 0 Å². The van der Waals surface area contributed by atoms with Gasteiger partial charge in [0.05, 0.1) is 41.7 Å². The number of carbonyl (C=O) groups excluding carboxylic acids is 4. The minimum Gasteiger partial charge on any atom is -0.460 e. The normalized spacial score (nSPS) is 15.3. The number of methoxy groups -OCH3 is 1. The molecule has 3 aromatic rings. The average Bonchev–Trinajstić information content (AvgIpc) is 3.25. The molecule has 2 aliphatic rings. The van der Waals surface area contributed by atoms with Gasteiger partial charge in [0.25, 0.3) is 5.91 Å². The van der Waals surface area contributed by atoms with Crippen LogP contribution < -0.4 is 16.0 Å². The number of piperidine rings is 1. The van der Waals surface area contributed by atoms with E-state index >= 15 is 0 Å². The first-order chi connectivity index (χ1) is 28.8. The fourth-order valence-electron chi connectivity index (χ4n) is 7.27. The lowest BCUT2D eigenvalue weighted by Gasteiger charge is -2.38. The maximum atomic E-state index is 14.1. The van der Waals surface area contributed by atoms with Crippen LogP contribution in [-0.2, 0) is 47.6 Å². The van der Waals surface area contributed by atoms with Gasteiger partial charge in [-0.25, -0.2) is 9.59 Å². The zero-order chi connectivity index (χ0) is 43.2. The van der Waals surface area contributed by atoms with E-state index in [9.17, 15) is 32.3 Å². The largest absolute Gasteiger partial charge is 0.460 e. The van der Waals surface area contributed by atoms with Gasteiger partial charge in [-0.05, 0) is 72.9 Å². The summed E-state index contributed by atoms with van der Waals surface area (Å²) in [6.45, 7) is 3.37. The molecule has 2 heterocycles. The van der Waals surface area contributed by atoms with Crippen molar-refractivity contribution in [1.82, 2.24) is 14.7 Å². The number of carbonyl (C=O) groups is 4. The molecule has 14 nitrogen and oxygen atoms in total. The fourth-order valence-corrected chi connectivity index (χ4v) is 7.51. The molecule has 0 aliphatic carbocycles. The Hall–Kier alpha value is -5.26. The summed E-state index contributed by atoms with van der Waals surface area (Å²) in [4.78, 5) is 59.1. The quantitative estimate of drug-likeness (QED) is 0.0735. The number of nitrogens with one attached hydrogen (secondary N) is 1. The molecular formula is C42H52ClF3N6O8. The van der Waals surface area contributed by atoms with Gasteiger partial charge in [-0.1, -0.05) is 29.8 Å². The van der Waals surface area contributed by atoms with Crippen molar-refractivity contribution in [2.75, 3.05) is 102 Å². The zero-order valence-electron chi connectivity index (χ0n) is 33.8. The first-order valence-corrected chi connectivity index (χ1v) is 20.2. The van der Waals surface area contributed by atoms with E-state index in [4.69, 9.17) is 36.3 Å². The van der Waals surface area contributed by atoms with Crippen LogP contribution in [0.1, 0.15) is 39.9 Å². The van der Waals surface area contributed by atoms with Gasteiger partial charge < -0.3 is 49.6 Å². The Morgan fingerprint density at radius 3 is 2.28 bits per heavy atom. The van der Waals surface area contributed by atoms with E-state index in [1.54, 1.807) is 36.3 Å². The van der Waals surface area contributed by atoms with Gasteiger partial charge in [-0.3, -0.25) is 9.59 Å². The molecule has 0 spiro atoms. The standard InChI is InChI=1S/C42H52ClF3N6O8/c1-48-36-6-4-3-5-30(36)11-14-52(28-53)33-12-15-51(16-13-33)41(56)60-37(27-29-25-34(42(44,45)46)38(47)35(43)26-29)39(54)50-19-17-49(18-20-50)32-9-7-31(8-10-32)40(55)59-24-23-58-22-21-57-2/h3-10,25-26,28,33,37,48H,11-24,27,47H2,1-2H3/t37-/m1/s1. The number of nitrogen functional groups attached to an aromatic ring is 1. The van der Waals surface area contributed by atoms with Gasteiger partial charge in [0.1, 0.15) is 6.61 Å². The highest BCUT2D eigenvalue weighted by Gasteiger charge is 2.37. The summed E-state index contributed by atoms with van der Waals surface area (Å²) in [5, 5.41) is 2.82. The third-order valence-electron chi connectivity index (χ3n) is 10.6. The summed E-state index contributed by atoms with van der Waals surface area (Å²) in [7, 11) is 3.40. The first kappa shape index (κ1) is 45.8. The lowest BCUT2D eigenvalue weighted by atomic mass is 10.0. The van der Waals surface area contributed by atoms with Crippen molar-refractivity contribution in [2.24, 2.45) is 0 Å². The maximum Gasteiger partial charge on any atom is 0.418 e. The molecule has 0 unspecified atom stereocenters. The molecule has 3 aromatic carbocycles. The van der Waals surface area contributed by atoms with Crippen molar-refractivity contribution >= 4 is 53.0 Å². The second-order valence-electron chi connectivity index (χ2n) is 14.4. The minimum absolute atomic E-state index is 0.0173. The van der Waals surface area contributed by atoms with Crippen molar-refractivity contribution in [2.45, 2.75) is 44.0 Å². The van der Waals surface area contributed by atoms with Gasteiger partial charge in [0.2, 0.25) is 6.41 Å². The summed E-state index contributed by atoms with van der Waals surface area (Å²) in [5.74, 6) is -1.06. The van der Waals surface area contributed by atoms with Crippen molar-refractivity contribution in [3.05, 3.63) is 87.9 Å². The molecule has 18 heteroatoms.